The highest BCUT2D eigenvalue weighted by molar-refractivity contribution is 7.17. The first-order valence-electron chi connectivity index (χ1n) is 29.5. The monoisotopic (exact) mass is 1120 g/mol. The van der Waals surface area contributed by atoms with E-state index in [0.717, 1.165) is 163 Å². The molecule has 4 aromatic heterocycles. The molecule has 0 N–H and O–H groups in total. The minimum Gasteiger partial charge on any atom is -0.494 e. The predicted octanol–water partition coefficient (Wildman–Crippen LogP) is 14.7. The molecule has 4 aromatic carbocycles. The van der Waals surface area contributed by atoms with E-state index in [1.807, 2.05) is 83.3 Å². The van der Waals surface area contributed by atoms with Crippen molar-refractivity contribution in [3.05, 3.63) is 120 Å². The van der Waals surface area contributed by atoms with Crippen LogP contribution < -0.4 is 28.7 Å². The second kappa shape index (κ2) is 29.4. The zero-order valence-electron chi connectivity index (χ0n) is 46.9. The van der Waals surface area contributed by atoms with Crippen LogP contribution in [-0.4, -0.2) is 130 Å². The van der Waals surface area contributed by atoms with Crippen LogP contribution in [0.3, 0.4) is 0 Å². The van der Waals surface area contributed by atoms with E-state index in [4.69, 9.17) is 38.4 Å². The Morgan fingerprint density at radius 2 is 0.950 bits per heavy atom. The number of nitrogens with zero attached hydrogens (tertiary/aromatic N) is 6. The molecule has 15 heteroatoms. The number of fused-ring (bicyclic) bond motifs is 4. The fourth-order valence-electron chi connectivity index (χ4n) is 10.9. The average molecular weight is 1120 g/mol. The Balaban J connectivity index is 0.648. The summed E-state index contributed by atoms with van der Waals surface area (Å²) >= 11 is 3.63. The second-order valence-electron chi connectivity index (χ2n) is 21.3. The molecular weight excluding hydrogens is 1040 g/mol. The van der Waals surface area contributed by atoms with Crippen molar-refractivity contribution in [2.45, 2.75) is 103 Å². The lowest BCUT2D eigenvalue weighted by atomic mass is 10.1. The molecule has 2 aliphatic heterocycles. The summed E-state index contributed by atoms with van der Waals surface area (Å²) in [5, 5.41) is 9.11. The first kappa shape index (κ1) is 56.9. The van der Waals surface area contributed by atoms with Crippen LogP contribution in [0.2, 0.25) is 0 Å². The summed E-state index contributed by atoms with van der Waals surface area (Å²) in [4.78, 5) is 33.4. The first-order valence-corrected chi connectivity index (χ1v) is 31.3. The number of hydrogen-bond donors (Lipinski definition) is 0. The second-order valence-corrected chi connectivity index (χ2v) is 23.2. The van der Waals surface area contributed by atoms with Crippen molar-refractivity contribution in [2.24, 2.45) is 0 Å². The van der Waals surface area contributed by atoms with Crippen molar-refractivity contribution in [1.82, 2.24) is 19.8 Å². The topological polar surface area (TPSA) is 111 Å². The maximum atomic E-state index is 13.5. The van der Waals surface area contributed by atoms with Gasteiger partial charge < -0.3 is 38.2 Å². The van der Waals surface area contributed by atoms with Crippen LogP contribution in [0.15, 0.2) is 120 Å². The van der Waals surface area contributed by atoms with Gasteiger partial charge in [-0.1, -0.05) is 51.7 Å². The van der Waals surface area contributed by atoms with E-state index >= 15 is 0 Å². The van der Waals surface area contributed by atoms with Gasteiger partial charge in [0.15, 0.2) is 0 Å². The number of hydrogen-bond acceptors (Lipinski definition) is 15. The minimum atomic E-state index is -0.724. The Morgan fingerprint density at radius 1 is 0.500 bits per heavy atom. The predicted molar refractivity (Wildman–Crippen MR) is 328 cm³/mol. The van der Waals surface area contributed by atoms with E-state index in [2.05, 4.69) is 92.7 Å². The Morgan fingerprint density at radius 3 is 1.40 bits per heavy atom. The lowest BCUT2D eigenvalue weighted by molar-refractivity contribution is -0.0290. The molecule has 80 heavy (non-hydrogen) atoms. The zero-order chi connectivity index (χ0) is 54.7. The minimum absolute atomic E-state index is 0.156. The van der Waals surface area contributed by atoms with Crippen LogP contribution in [0, 0.1) is 0 Å². The van der Waals surface area contributed by atoms with E-state index in [-0.39, 0.29) is 13.2 Å². The molecule has 2 fully saturated rings. The van der Waals surface area contributed by atoms with Gasteiger partial charge >= 0.3 is 6.16 Å². The number of carbonyl (C=O) groups excluding carboxylic acids is 1. The van der Waals surface area contributed by atoms with Gasteiger partial charge in [0, 0.05) is 119 Å². The highest BCUT2D eigenvalue weighted by Crippen LogP contribution is 2.33. The van der Waals surface area contributed by atoms with Gasteiger partial charge in [0.25, 0.3) is 0 Å². The molecule has 0 radical (unpaired) electrons. The molecular formula is C65H80N6O7S2. The quantitative estimate of drug-likeness (QED) is 0.0315. The van der Waals surface area contributed by atoms with Crippen LogP contribution >= 0.6 is 22.7 Å². The third-order valence-electron chi connectivity index (χ3n) is 15.5. The molecule has 6 heterocycles. The Bertz CT molecular complexity index is 2980. The normalized spacial score (nSPS) is 15.2. The van der Waals surface area contributed by atoms with Crippen molar-refractivity contribution in [1.29, 1.82) is 0 Å². The van der Waals surface area contributed by atoms with Crippen LogP contribution in [-0.2, 0) is 9.47 Å². The van der Waals surface area contributed by atoms with E-state index < -0.39 is 18.4 Å². The number of unbranched alkanes of at least 4 members (excludes halogenated alkanes) is 6. The maximum absolute atomic E-state index is 13.5. The third-order valence-corrected chi connectivity index (χ3v) is 17.3. The highest BCUT2D eigenvalue weighted by Gasteiger charge is 2.24. The number of aromatic nitrogens is 2. The summed E-state index contributed by atoms with van der Waals surface area (Å²) < 4.78 is 39.6. The van der Waals surface area contributed by atoms with Gasteiger partial charge in [0.2, 0.25) is 11.8 Å². The highest BCUT2D eigenvalue weighted by atomic mass is 32.1. The molecule has 424 valence electrons. The molecule has 2 unspecified atom stereocenters. The number of pyridine rings is 2. The number of anilines is 2. The molecule has 2 atom stereocenters. The molecule has 2 saturated heterocycles. The molecule has 2 aliphatic rings. The Kier molecular flexibility index (Phi) is 20.9. The largest absolute Gasteiger partial charge is 0.509 e. The summed E-state index contributed by atoms with van der Waals surface area (Å²) in [6, 6.07) is 37.6. The molecule has 0 saturated carbocycles. The maximum Gasteiger partial charge on any atom is 0.509 e. The number of benzene rings is 4. The zero-order valence-corrected chi connectivity index (χ0v) is 48.6. The van der Waals surface area contributed by atoms with Crippen molar-refractivity contribution >= 4 is 82.2 Å². The third kappa shape index (κ3) is 16.0. The van der Waals surface area contributed by atoms with Crippen LogP contribution in [0.25, 0.3) is 42.0 Å². The number of piperazine rings is 2. The lowest BCUT2D eigenvalue weighted by Crippen LogP contribution is -2.46. The van der Waals surface area contributed by atoms with Crippen molar-refractivity contribution < 1.29 is 33.2 Å². The SMILES string of the molecule is CCCCCC(COc1ccc2ccc(OCCCCN3CCN(c4cccc5sccc45)CC3)cc2n1)OC(=O)OC(CCCCC)COc1ccc2ccc(OCCCCN3CCN(c4cccc5sccc45)CC3)cc2n1. The van der Waals surface area contributed by atoms with Crippen molar-refractivity contribution in [2.75, 3.05) is 102 Å². The first-order chi connectivity index (χ1) is 39.4. The smallest absolute Gasteiger partial charge is 0.494 e. The average Bonchev–Trinajstić information content (AvgIpc) is 4.20. The van der Waals surface area contributed by atoms with Gasteiger partial charge in [-0.25, -0.2) is 14.8 Å². The van der Waals surface area contributed by atoms with E-state index in [0.29, 0.717) is 37.8 Å². The fourth-order valence-corrected chi connectivity index (χ4v) is 12.6. The molecule has 0 aliphatic carbocycles. The van der Waals surface area contributed by atoms with Crippen LogP contribution in [0.5, 0.6) is 23.3 Å². The number of thiophene rings is 2. The Labute approximate surface area is 480 Å². The molecule has 0 amide bonds. The van der Waals surface area contributed by atoms with E-state index in [1.54, 1.807) is 0 Å². The van der Waals surface area contributed by atoms with Crippen molar-refractivity contribution in [3.8, 4) is 23.3 Å². The van der Waals surface area contributed by atoms with Gasteiger partial charge in [-0.2, -0.15) is 0 Å². The number of carbonyl (C=O) groups is 1. The summed E-state index contributed by atoms with van der Waals surface area (Å²) in [6.45, 7) is 16.6. The molecule has 13 nitrogen and oxygen atoms in total. The van der Waals surface area contributed by atoms with Crippen molar-refractivity contribution in [3.63, 3.8) is 0 Å². The molecule has 0 spiro atoms. The van der Waals surface area contributed by atoms with E-state index in [1.165, 1.54) is 31.5 Å². The number of rotatable bonds is 30. The lowest BCUT2D eigenvalue weighted by Gasteiger charge is -2.36. The summed E-state index contributed by atoms with van der Waals surface area (Å²) in [7, 11) is 0. The summed E-state index contributed by atoms with van der Waals surface area (Å²) in [5.41, 5.74) is 4.30. The summed E-state index contributed by atoms with van der Waals surface area (Å²) in [5.74, 6) is 2.50. The van der Waals surface area contributed by atoms with Crippen LogP contribution in [0.4, 0.5) is 16.2 Å². The van der Waals surface area contributed by atoms with Gasteiger partial charge in [-0.05, 0) is 148 Å². The van der Waals surface area contributed by atoms with Gasteiger partial charge in [-0.15, -0.1) is 22.7 Å². The molecule has 0 bridgehead atoms. The molecule has 10 rings (SSSR count). The fraction of sp³-hybridized carbons (Fsp3) is 0.462. The Hall–Kier alpha value is -6.39. The van der Waals surface area contributed by atoms with E-state index in [9.17, 15) is 4.79 Å². The van der Waals surface area contributed by atoms with Gasteiger partial charge in [-0.3, -0.25) is 9.80 Å². The van der Waals surface area contributed by atoms with Gasteiger partial charge in [0.05, 0.1) is 24.2 Å². The summed E-state index contributed by atoms with van der Waals surface area (Å²) in [6.07, 6.45) is 9.58. The van der Waals surface area contributed by atoms with Gasteiger partial charge in [0.1, 0.15) is 36.9 Å². The van der Waals surface area contributed by atoms with Crippen LogP contribution in [0.1, 0.15) is 90.9 Å². The standard InChI is InChI=1S/C65H80N6O7S2/c1-3-5-7-15-53(47-75-63-27-23-49-21-25-51(45-57(49)66-63)73-41-11-9-31-68-33-37-70(38-34-68)59-17-13-19-61-55(59)29-43-79-61)77-65(72)78-54(16-8-6-4-2)48-76-64-28-24-50-22-26-52(46-58(50)67-64)74-42-12-10-32-69-35-39-71(40-36-69)60-18-14-20-62-56(60)30-44-80-62/h13-14,17-30,43-46,53-54H,3-12,15-16,31-42,47-48H2,1-2H3. The molecule has 8 aromatic rings. The number of ether oxygens (including phenoxy) is 6.